The molecule has 0 saturated carbocycles. The van der Waals surface area contributed by atoms with E-state index in [9.17, 15) is 4.79 Å². The van der Waals surface area contributed by atoms with Crippen LogP contribution in [-0.4, -0.2) is 9.97 Å². The van der Waals surface area contributed by atoms with Crippen molar-refractivity contribution in [2.24, 2.45) is 0 Å². The first kappa shape index (κ1) is 12.9. The van der Waals surface area contributed by atoms with Gasteiger partial charge in [-0.15, -0.1) is 0 Å². The predicted molar refractivity (Wildman–Crippen MR) is 80.0 cm³/mol. The molecule has 0 amide bonds. The highest BCUT2D eigenvalue weighted by Crippen LogP contribution is 2.36. The number of benzene rings is 1. The van der Waals surface area contributed by atoms with Gasteiger partial charge in [-0.2, -0.15) is 0 Å². The van der Waals surface area contributed by atoms with Crippen LogP contribution in [0.5, 0.6) is 0 Å². The lowest BCUT2D eigenvalue weighted by atomic mass is 9.99. The zero-order valence-corrected chi connectivity index (χ0v) is 11.8. The van der Waals surface area contributed by atoms with Crippen LogP contribution >= 0.6 is 0 Å². The predicted octanol–water partition coefficient (Wildman–Crippen LogP) is 2.55. The molecule has 4 nitrogen and oxygen atoms in total. The number of H-pyrrole nitrogens is 1. The van der Waals surface area contributed by atoms with Crippen molar-refractivity contribution >= 4 is 5.82 Å². The Morgan fingerprint density at radius 3 is 2.80 bits per heavy atom. The van der Waals surface area contributed by atoms with Gasteiger partial charge in [-0.1, -0.05) is 38.1 Å². The van der Waals surface area contributed by atoms with Crippen LogP contribution in [0.4, 0.5) is 5.82 Å². The molecule has 0 saturated heterocycles. The van der Waals surface area contributed by atoms with E-state index >= 15 is 0 Å². The van der Waals surface area contributed by atoms with E-state index in [-0.39, 0.29) is 17.4 Å². The first-order valence-corrected chi connectivity index (χ1v) is 7.05. The van der Waals surface area contributed by atoms with Gasteiger partial charge in [0.05, 0.1) is 5.56 Å². The maximum Gasteiger partial charge on any atom is 0.256 e. The highest BCUT2D eigenvalue weighted by molar-refractivity contribution is 5.43. The summed E-state index contributed by atoms with van der Waals surface area (Å²) in [5, 5.41) is 0. The molecule has 1 atom stereocenters. The summed E-state index contributed by atoms with van der Waals surface area (Å²) in [5.41, 5.74) is 9.05. The maximum atomic E-state index is 12.2. The molecule has 0 fully saturated rings. The molecule has 2 aromatic rings. The van der Waals surface area contributed by atoms with Crippen molar-refractivity contribution in [3.8, 4) is 0 Å². The van der Waals surface area contributed by atoms with Crippen molar-refractivity contribution < 1.29 is 0 Å². The van der Waals surface area contributed by atoms with E-state index in [2.05, 4.69) is 22.1 Å². The Bertz CT molecular complexity index is 703. The summed E-state index contributed by atoms with van der Waals surface area (Å²) in [7, 11) is 0. The lowest BCUT2D eigenvalue weighted by Gasteiger charge is -2.14. The summed E-state index contributed by atoms with van der Waals surface area (Å²) in [6.07, 6.45) is 2.00. The molecule has 4 heteroatoms. The van der Waals surface area contributed by atoms with Crippen molar-refractivity contribution in [3.05, 3.63) is 57.1 Å². The number of anilines is 1. The smallest absolute Gasteiger partial charge is 0.256 e. The van der Waals surface area contributed by atoms with Crippen LogP contribution in [0.25, 0.3) is 0 Å². The first-order chi connectivity index (χ1) is 9.58. The van der Waals surface area contributed by atoms with Crippen molar-refractivity contribution in [1.29, 1.82) is 0 Å². The molecule has 1 heterocycles. The summed E-state index contributed by atoms with van der Waals surface area (Å²) in [4.78, 5) is 19.6. The Labute approximate surface area is 118 Å². The third-order valence-corrected chi connectivity index (χ3v) is 4.04. The van der Waals surface area contributed by atoms with E-state index in [0.29, 0.717) is 17.2 Å². The second-order valence-corrected chi connectivity index (χ2v) is 5.69. The number of aromatic amines is 1. The molecule has 1 aromatic carbocycles. The quantitative estimate of drug-likeness (QED) is 0.880. The zero-order valence-electron chi connectivity index (χ0n) is 11.8. The lowest BCUT2D eigenvalue weighted by molar-refractivity contribution is 0.714. The SMILES string of the molecule is CC(C)c1c(N)nc(C2CCc3ccccc32)[nH]c1=O. The molecule has 1 aliphatic rings. The van der Waals surface area contributed by atoms with Gasteiger partial charge in [0, 0.05) is 5.92 Å². The minimum atomic E-state index is -0.105. The fraction of sp³-hybridized carbons (Fsp3) is 0.375. The molecule has 0 aliphatic heterocycles. The highest BCUT2D eigenvalue weighted by Gasteiger charge is 2.26. The summed E-state index contributed by atoms with van der Waals surface area (Å²) >= 11 is 0. The molecule has 20 heavy (non-hydrogen) atoms. The Morgan fingerprint density at radius 2 is 2.10 bits per heavy atom. The van der Waals surface area contributed by atoms with Gasteiger partial charge in [0.15, 0.2) is 0 Å². The van der Waals surface area contributed by atoms with E-state index in [1.165, 1.54) is 11.1 Å². The fourth-order valence-corrected chi connectivity index (χ4v) is 3.08. The van der Waals surface area contributed by atoms with Crippen LogP contribution in [0, 0.1) is 0 Å². The number of aryl methyl sites for hydroxylation is 1. The molecular weight excluding hydrogens is 250 g/mol. The van der Waals surface area contributed by atoms with Gasteiger partial charge in [0.1, 0.15) is 11.6 Å². The van der Waals surface area contributed by atoms with Crippen molar-refractivity contribution in [2.75, 3.05) is 5.73 Å². The second kappa shape index (κ2) is 4.78. The summed E-state index contributed by atoms with van der Waals surface area (Å²) in [5.74, 6) is 1.29. The number of nitrogen functional groups attached to an aromatic ring is 1. The van der Waals surface area contributed by atoms with Gasteiger partial charge in [-0.25, -0.2) is 4.98 Å². The average molecular weight is 269 g/mol. The lowest BCUT2D eigenvalue weighted by Crippen LogP contribution is -2.22. The fourth-order valence-electron chi connectivity index (χ4n) is 3.08. The van der Waals surface area contributed by atoms with E-state index in [4.69, 9.17) is 5.73 Å². The summed E-state index contributed by atoms with van der Waals surface area (Å²) < 4.78 is 0. The van der Waals surface area contributed by atoms with Gasteiger partial charge in [0.25, 0.3) is 5.56 Å². The number of nitrogens with two attached hydrogens (primary N) is 1. The Balaban J connectivity index is 2.07. The minimum absolute atomic E-state index is 0.0798. The molecule has 0 bridgehead atoms. The molecule has 104 valence electrons. The van der Waals surface area contributed by atoms with Crippen LogP contribution in [-0.2, 0) is 6.42 Å². The topological polar surface area (TPSA) is 71.8 Å². The molecule has 0 radical (unpaired) electrons. The number of aromatic nitrogens is 2. The van der Waals surface area contributed by atoms with Gasteiger partial charge in [0.2, 0.25) is 0 Å². The molecule has 3 rings (SSSR count). The van der Waals surface area contributed by atoms with Crippen molar-refractivity contribution in [2.45, 2.75) is 38.5 Å². The maximum absolute atomic E-state index is 12.2. The third-order valence-electron chi connectivity index (χ3n) is 4.04. The van der Waals surface area contributed by atoms with Gasteiger partial charge in [-0.3, -0.25) is 4.79 Å². The minimum Gasteiger partial charge on any atom is -0.383 e. The molecule has 1 unspecified atom stereocenters. The van der Waals surface area contributed by atoms with Crippen LogP contribution < -0.4 is 11.3 Å². The standard InChI is InChI=1S/C16H19N3O/c1-9(2)13-14(17)18-15(19-16(13)20)12-8-7-10-5-3-4-6-11(10)12/h3-6,9,12H,7-8H2,1-2H3,(H3,17,18,19,20). The van der Waals surface area contributed by atoms with Gasteiger partial charge in [-0.05, 0) is 29.9 Å². The van der Waals surface area contributed by atoms with Crippen LogP contribution in [0.15, 0.2) is 29.1 Å². The largest absolute Gasteiger partial charge is 0.383 e. The number of nitrogens with one attached hydrogen (secondary N) is 1. The Morgan fingerprint density at radius 1 is 1.35 bits per heavy atom. The molecule has 1 aliphatic carbocycles. The Kier molecular flexibility index (Phi) is 3.08. The number of fused-ring (bicyclic) bond motifs is 1. The van der Waals surface area contributed by atoms with Crippen LogP contribution in [0.2, 0.25) is 0 Å². The van der Waals surface area contributed by atoms with Crippen LogP contribution in [0.3, 0.4) is 0 Å². The number of nitrogens with zero attached hydrogens (tertiary/aromatic N) is 1. The van der Waals surface area contributed by atoms with Gasteiger partial charge < -0.3 is 10.7 Å². The normalized spacial score (nSPS) is 17.4. The van der Waals surface area contributed by atoms with Crippen molar-refractivity contribution in [3.63, 3.8) is 0 Å². The van der Waals surface area contributed by atoms with Crippen LogP contribution in [0.1, 0.15) is 54.6 Å². The van der Waals surface area contributed by atoms with Crippen molar-refractivity contribution in [1.82, 2.24) is 9.97 Å². The summed E-state index contributed by atoms with van der Waals surface area (Å²) in [6, 6.07) is 8.33. The molecule has 0 spiro atoms. The first-order valence-electron chi connectivity index (χ1n) is 7.05. The van der Waals surface area contributed by atoms with E-state index < -0.39 is 0 Å². The number of hydrogen-bond donors (Lipinski definition) is 2. The third kappa shape index (κ3) is 2.01. The monoisotopic (exact) mass is 269 g/mol. The molecule has 1 aromatic heterocycles. The molecule has 3 N–H and O–H groups in total. The van der Waals surface area contributed by atoms with Gasteiger partial charge >= 0.3 is 0 Å². The second-order valence-electron chi connectivity index (χ2n) is 5.69. The van der Waals surface area contributed by atoms with E-state index in [1.54, 1.807) is 0 Å². The Hall–Kier alpha value is -2.10. The molecular formula is C16H19N3O. The van der Waals surface area contributed by atoms with E-state index in [1.807, 2.05) is 26.0 Å². The highest BCUT2D eigenvalue weighted by atomic mass is 16.1. The average Bonchev–Trinajstić information content (AvgIpc) is 2.81. The number of rotatable bonds is 2. The summed E-state index contributed by atoms with van der Waals surface area (Å²) in [6.45, 7) is 3.90. The number of hydrogen-bond acceptors (Lipinski definition) is 3. The van der Waals surface area contributed by atoms with E-state index in [0.717, 1.165) is 12.8 Å². The zero-order chi connectivity index (χ0) is 14.3.